The third-order valence-corrected chi connectivity index (χ3v) is 3.44. The zero-order chi connectivity index (χ0) is 13.9. The maximum Gasteiger partial charge on any atom is 0.210 e. The van der Waals surface area contributed by atoms with Gasteiger partial charge in [-0.05, 0) is 6.92 Å². The Bertz CT molecular complexity index is 531. The van der Waals surface area contributed by atoms with E-state index in [9.17, 15) is 8.42 Å². The van der Waals surface area contributed by atoms with E-state index in [0.29, 0.717) is 22.4 Å². The minimum absolute atomic E-state index is 0.141. The second-order valence-corrected chi connectivity index (χ2v) is 6.39. The third-order valence-electron chi connectivity index (χ3n) is 2.30. The summed E-state index contributed by atoms with van der Waals surface area (Å²) in [5, 5.41) is 8.20. The molecule has 0 atom stereocenters. The highest BCUT2D eigenvalue weighted by atomic mass is 35.5. The minimum Gasteiger partial charge on any atom is -0.369 e. The fraction of sp³-hybridized carbons (Fsp3) is 0.600. The van der Waals surface area contributed by atoms with Crippen LogP contribution in [0.5, 0.6) is 0 Å². The molecule has 0 aromatic carbocycles. The summed E-state index contributed by atoms with van der Waals surface area (Å²) < 4.78 is 21.7. The topological polar surface area (TPSA) is 98.0 Å². The summed E-state index contributed by atoms with van der Waals surface area (Å²) in [5.41, 5.74) is 0.690. The third kappa shape index (κ3) is 4.40. The first-order valence-electron chi connectivity index (χ1n) is 5.49. The van der Waals surface area contributed by atoms with Crippen LogP contribution in [0.25, 0.3) is 0 Å². The highest BCUT2D eigenvalue weighted by molar-refractivity contribution is 7.89. The standard InChI is InChI=1S/C10H17ClN4O2S/c1-6(2)9-14-8(11)7(3)10(15-9)13-4-5-18(12,16)17/h6H,4-5H2,1-3H3,(H2,12,16,17)(H,13,14,15). The molecule has 0 saturated carbocycles. The first-order chi connectivity index (χ1) is 8.20. The van der Waals surface area contributed by atoms with Crippen LogP contribution in [0, 0.1) is 6.92 Å². The van der Waals surface area contributed by atoms with Crippen molar-refractivity contribution >= 4 is 27.4 Å². The van der Waals surface area contributed by atoms with E-state index in [4.69, 9.17) is 16.7 Å². The molecule has 0 bridgehead atoms. The Hall–Kier alpha value is -0.920. The van der Waals surface area contributed by atoms with Crippen LogP contribution < -0.4 is 10.5 Å². The van der Waals surface area contributed by atoms with Gasteiger partial charge in [0.25, 0.3) is 0 Å². The van der Waals surface area contributed by atoms with Crippen molar-refractivity contribution in [2.45, 2.75) is 26.7 Å². The number of hydrogen-bond acceptors (Lipinski definition) is 5. The summed E-state index contributed by atoms with van der Waals surface area (Å²) in [5.74, 6) is 1.14. The number of primary sulfonamides is 1. The number of aromatic nitrogens is 2. The van der Waals surface area contributed by atoms with Gasteiger partial charge >= 0.3 is 0 Å². The van der Waals surface area contributed by atoms with Gasteiger partial charge in [-0.1, -0.05) is 25.4 Å². The number of nitrogens with two attached hydrogens (primary N) is 1. The molecule has 8 heteroatoms. The van der Waals surface area contributed by atoms with E-state index in [1.807, 2.05) is 13.8 Å². The Balaban J connectivity index is 2.88. The number of halogens is 1. The average molecular weight is 293 g/mol. The molecule has 3 N–H and O–H groups in total. The molecule has 1 heterocycles. The van der Waals surface area contributed by atoms with Gasteiger partial charge in [-0.3, -0.25) is 0 Å². The van der Waals surface area contributed by atoms with Crippen molar-refractivity contribution in [3.63, 3.8) is 0 Å². The lowest BCUT2D eigenvalue weighted by molar-refractivity contribution is 0.598. The largest absolute Gasteiger partial charge is 0.369 e. The molecule has 0 unspecified atom stereocenters. The fourth-order valence-corrected chi connectivity index (χ4v) is 1.81. The summed E-state index contributed by atoms with van der Waals surface area (Å²) in [4.78, 5) is 8.47. The molecule has 0 fully saturated rings. The number of sulfonamides is 1. The lowest BCUT2D eigenvalue weighted by atomic mass is 10.2. The van der Waals surface area contributed by atoms with Crippen molar-refractivity contribution in [1.29, 1.82) is 0 Å². The molecule has 1 aromatic rings. The normalized spacial score (nSPS) is 11.9. The second kappa shape index (κ2) is 5.81. The van der Waals surface area contributed by atoms with Crippen molar-refractivity contribution in [1.82, 2.24) is 9.97 Å². The van der Waals surface area contributed by atoms with Gasteiger partial charge in [0.15, 0.2) is 0 Å². The molecule has 0 aliphatic carbocycles. The molecule has 0 aliphatic heterocycles. The predicted octanol–water partition coefficient (Wildman–Crippen LogP) is 1.26. The van der Waals surface area contributed by atoms with Crippen molar-refractivity contribution in [3.05, 3.63) is 16.5 Å². The summed E-state index contributed by atoms with van der Waals surface area (Å²) in [7, 11) is -3.48. The fourth-order valence-electron chi connectivity index (χ4n) is 1.25. The Kier molecular flexibility index (Phi) is 4.89. The van der Waals surface area contributed by atoms with Gasteiger partial charge in [-0.2, -0.15) is 0 Å². The summed E-state index contributed by atoms with van der Waals surface area (Å²) in [6, 6.07) is 0. The quantitative estimate of drug-likeness (QED) is 0.796. The summed E-state index contributed by atoms with van der Waals surface area (Å²) >= 11 is 6.00. The number of hydrogen-bond donors (Lipinski definition) is 2. The highest BCUT2D eigenvalue weighted by Crippen LogP contribution is 2.22. The number of rotatable bonds is 5. The van der Waals surface area contributed by atoms with Crippen LogP contribution in [-0.4, -0.2) is 30.7 Å². The van der Waals surface area contributed by atoms with Crippen LogP contribution in [0.2, 0.25) is 5.15 Å². The molecular weight excluding hydrogens is 276 g/mol. The lowest BCUT2D eigenvalue weighted by Crippen LogP contribution is -2.23. The smallest absolute Gasteiger partial charge is 0.210 e. The summed E-state index contributed by atoms with van der Waals surface area (Å²) in [6.45, 7) is 5.86. The molecule has 6 nitrogen and oxygen atoms in total. The average Bonchev–Trinajstić information content (AvgIpc) is 2.21. The Morgan fingerprint density at radius 1 is 1.39 bits per heavy atom. The van der Waals surface area contributed by atoms with E-state index in [2.05, 4.69) is 15.3 Å². The first-order valence-corrected chi connectivity index (χ1v) is 7.58. The molecule has 0 saturated heterocycles. The summed E-state index contributed by atoms with van der Waals surface area (Å²) in [6.07, 6.45) is 0. The second-order valence-electron chi connectivity index (χ2n) is 4.29. The van der Waals surface area contributed by atoms with Crippen LogP contribution in [0.3, 0.4) is 0 Å². The molecule has 0 spiro atoms. The number of anilines is 1. The molecular formula is C10H17ClN4O2S. The lowest BCUT2D eigenvalue weighted by Gasteiger charge is -2.12. The number of nitrogens with zero attached hydrogens (tertiary/aromatic N) is 2. The zero-order valence-corrected chi connectivity index (χ0v) is 12.1. The predicted molar refractivity (Wildman–Crippen MR) is 72.3 cm³/mol. The van der Waals surface area contributed by atoms with Crippen LogP contribution in [0.1, 0.15) is 31.2 Å². The maximum absolute atomic E-state index is 10.8. The van der Waals surface area contributed by atoms with Crippen LogP contribution in [0.4, 0.5) is 5.82 Å². The SMILES string of the molecule is Cc1c(Cl)nc(C(C)C)nc1NCCS(N)(=O)=O. The van der Waals surface area contributed by atoms with Crippen LogP contribution in [-0.2, 0) is 10.0 Å². The van der Waals surface area contributed by atoms with Gasteiger partial charge in [0.2, 0.25) is 10.0 Å². The van der Waals surface area contributed by atoms with E-state index in [1.165, 1.54) is 0 Å². The van der Waals surface area contributed by atoms with Crippen molar-refractivity contribution < 1.29 is 8.42 Å². The Labute approximate surface area is 112 Å². The maximum atomic E-state index is 10.8. The van der Waals surface area contributed by atoms with Gasteiger partial charge in [0.05, 0.1) is 5.75 Å². The molecule has 0 radical (unpaired) electrons. The van der Waals surface area contributed by atoms with Gasteiger partial charge < -0.3 is 5.32 Å². The number of nitrogens with one attached hydrogen (secondary N) is 1. The Morgan fingerprint density at radius 2 is 2.00 bits per heavy atom. The van der Waals surface area contributed by atoms with E-state index in [0.717, 1.165) is 0 Å². The minimum atomic E-state index is -3.48. The van der Waals surface area contributed by atoms with Crippen LogP contribution >= 0.6 is 11.6 Å². The zero-order valence-electron chi connectivity index (χ0n) is 10.6. The van der Waals surface area contributed by atoms with E-state index in [-0.39, 0.29) is 18.2 Å². The van der Waals surface area contributed by atoms with Gasteiger partial charge in [0, 0.05) is 18.0 Å². The molecule has 0 aliphatic rings. The van der Waals surface area contributed by atoms with Crippen LogP contribution in [0.15, 0.2) is 0 Å². The van der Waals surface area contributed by atoms with E-state index in [1.54, 1.807) is 6.92 Å². The van der Waals surface area contributed by atoms with Gasteiger partial charge in [-0.15, -0.1) is 0 Å². The van der Waals surface area contributed by atoms with Crippen molar-refractivity contribution in [3.8, 4) is 0 Å². The highest BCUT2D eigenvalue weighted by Gasteiger charge is 2.12. The van der Waals surface area contributed by atoms with E-state index < -0.39 is 10.0 Å². The molecule has 18 heavy (non-hydrogen) atoms. The monoisotopic (exact) mass is 292 g/mol. The molecule has 1 rings (SSSR count). The Morgan fingerprint density at radius 3 is 2.50 bits per heavy atom. The molecule has 102 valence electrons. The first kappa shape index (κ1) is 15.1. The van der Waals surface area contributed by atoms with Crippen molar-refractivity contribution in [2.24, 2.45) is 5.14 Å². The molecule has 1 aromatic heterocycles. The van der Waals surface area contributed by atoms with Gasteiger partial charge in [-0.25, -0.2) is 23.5 Å². The van der Waals surface area contributed by atoms with Crippen molar-refractivity contribution in [2.75, 3.05) is 17.6 Å². The molecule has 0 amide bonds. The van der Waals surface area contributed by atoms with Gasteiger partial charge in [0.1, 0.15) is 16.8 Å². The van der Waals surface area contributed by atoms with E-state index >= 15 is 0 Å².